The normalized spacial score (nSPS) is 11.9. The number of rotatable bonds is 9. The fraction of sp³-hybridized carbons (Fsp3) is 0.333. The number of carbonyl (C=O) groups excluding carboxylic acids is 2. The van der Waals surface area contributed by atoms with Crippen molar-refractivity contribution in [1.29, 1.82) is 0 Å². The Morgan fingerprint density at radius 1 is 1.00 bits per heavy atom. The molecular weight excluding hydrogens is 345 g/mol. The van der Waals surface area contributed by atoms with Gasteiger partial charge in [-0.2, -0.15) is 0 Å². The van der Waals surface area contributed by atoms with Gasteiger partial charge in [0.25, 0.3) is 0 Å². The third kappa shape index (κ3) is 7.19. The van der Waals surface area contributed by atoms with E-state index in [1.807, 2.05) is 18.2 Å². The summed E-state index contributed by atoms with van der Waals surface area (Å²) in [7, 11) is 1.71. The molecule has 0 radical (unpaired) electrons. The molecule has 5 nitrogen and oxygen atoms in total. The first-order chi connectivity index (χ1) is 13.0. The predicted molar refractivity (Wildman–Crippen MR) is 105 cm³/mol. The van der Waals surface area contributed by atoms with Gasteiger partial charge in [-0.15, -0.1) is 0 Å². The Balaban J connectivity index is 1.74. The summed E-state index contributed by atoms with van der Waals surface area (Å²) in [4.78, 5) is 25.8. The fourth-order valence-electron chi connectivity index (χ4n) is 2.80. The minimum absolute atomic E-state index is 0.0701. The summed E-state index contributed by atoms with van der Waals surface area (Å²) in [5, 5.41) is 5.61. The molecule has 27 heavy (non-hydrogen) atoms. The molecule has 0 fully saturated rings. The number of anilines is 1. The highest BCUT2D eigenvalue weighted by atomic mass is 19.1. The second-order valence-corrected chi connectivity index (χ2v) is 6.55. The van der Waals surface area contributed by atoms with Crippen LogP contribution < -0.4 is 10.6 Å². The van der Waals surface area contributed by atoms with Gasteiger partial charge in [0.05, 0.1) is 13.1 Å². The lowest BCUT2D eigenvalue weighted by molar-refractivity contribution is -0.123. The van der Waals surface area contributed by atoms with Crippen molar-refractivity contribution >= 4 is 17.5 Å². The van der Waals surface area contributed by atoms with Crippen molar-refractivity contribution in [2.24, 2.45) is 0 Å². The SMILES string of the molecule is CC[C@H](CNC(=O)CN(C)CC(=O)Nc1ccc(F)cc1)c1ccccc1. The van der Waals surface area contributed by atoms with Gasteiger partial charge < -0.3 is 10.6 Å². The number of nitrogens with zero attached hydrogens (tertiary/aromatic N) is 1. The highest BCUT2D eigenvalue weighted by Gasteiger charge is 2.14. The molecule has 2 aromatic carbocycles. The Labute approximate surface area is 159 Å². The van der Waals surface area contributed by atoms with Gasteiger partial charge in [-0.25, -0.2) is 4.39 Å². The fourth-order valence-corrected chi connectivity index (χ4v) is 2.80. The Morgan fingerprint density at radius 3 is 2.26 bits per heavy atom. The molecule has 2 aromatic rings. The maximum absolute atomic E-state index is 12.9. The van der Waals surface area contributed by atoms with Crippen LogP contribution in [0.5, 0.6) is 0 Å². The van der Waals surface area contributed by atoms with Crippen LogP contribution in [0.2, 0.25) is 0 Å². The molecular formula is C21H26FN3O2. The molecule has 0 aromatic heterocycles. The lowest BCUT2D eigenvalue weighted by Gasteiger charge is -2.19. The Bertz CT molecular complexity index is 735. The second kappa shape index (κ2) is 10.4. The molecule has 0 heterocycles. The summed E-state index contributed by atoms with van der Waals surface area (Å²) in [5.74, 6) is -0.473. The smallest absolute Gasteiger partial charge is 0.238 e. The van der Waals surface area contributed by atoms with Crippen molar-refractivity contribution in [3.63, 3.8) is 0 Å². The van der Waals surface area contributed by atoms with Crippen LogP contribution >= 0.6 is 0 Å². The Hall–Kier alpha value is -2.73. The molecule has 144 valence electrons. The molecule has 0 aliphatic rings. The lowest BCUT2D eigenvalue weighted by atomic mass is 9.96. The van der Waals surface area contributed by atoms with E-state index in [4.69, 9.17) is 0 Å². The maximum Gasteiger partial charge on any atom is 0.238 e. The van der Waals surface area contributed by atoms with Crippen molar-refractivity contribution in [1.82, 2.24) is 10.2 Å². The van der Waals surface area contributed by atoms with Crippen LogP contribution in [-0.2, 0) is 9.59 Å². The number of hydrogen-bond acceptors (Lipinski definition) is 3. The first-order valence-electron chi connectivity index (χ1n) is 9.03. The topological polar surface area (TPSA) is 61.4 Å². The number of halogens is 1. The Kier molecular flexibility index (Phi) is 7.95. The molecule has 0 spiro atoms. The third-order valence-electron chi connectivity index (χ3n) is 4.26. The van der Waals surface area contributed by atoms with E-state index in [2.05, 4.69) is 29.7 Å². The van der Waals surface area contributed by atoms with E-state index < -0.39 is 0 Å². The summed E-state index contributed by atoms with van der Waals surface area (Å²) < 4.78 is 12.9. The molecule has 6 heteroatoms. The van der Waals surface area contributed by atoms with Crippen LogP contribution in [-0.4, -0.2) is 43.4 Å². The van der Waals surface area contributed by atoms with Crippen LogP contribution in [0.3, 0.4) is 0 Å². The molecule has 2 amide bonds. The van der Waals surface area contributed by atoms with Gasteiger partial charge in [-0.1, -0.05) is 37.3 Å². The Morgan fingerprint density at radius 2 is 1.63 bits per heavy atom. The predicted octanol–water partition coefficient (Wildman–Crippen LogP) is 3.01. The molecule has 0 saturated carbocycles. The maximum atomic E-state index is 12.9. The summed E-state index contributed by atoms with van der Waals surface area (Å²) >= 11 is 0. The van der Waals surface area contributed by atoms with Crippen LogP contribution in [0.25, 0.3) is 0 Å². The van der Waals surface area contributed by atoms with Crippen LogP contribution in [0.1, 0.15) is 24.8 Å². The number of likely N-dealkylation sites (N-methyl/N-ethyl adjacent to an activating group) is 1. The molecule has 0 saturated heterocycles. The summed E-state index contributed by atoms with van der Waals surface area (Å²) in [6.45, 7) is 2.85. The average molecular weight is 371 g/mol. The summed E-state index contributed by atoms with van der Waals surface area (Å²) in [6.07, 6.45) is 0.931. The largest absolute Gasteiger partial charge is 0.354 e. The van der Waals surface area contributed by atoms with Gasteiger partial charge in [0.1, 0.15) is 5.82 Å². The molecule has 0 aliphatic carbocycles. The van der Waals surface area contributed by atoms with Gasteiger partial charge >= 0.3 is 0 Å². The molecule has 2 N–H and O–H groups in total. The van der Waals surface area contributed by atoms with E-state index in [-0.39, 0.29) is 36.6 Å². The molecule has 0 aliphatic heterocycles. The number of nitrogens with one attached hydrogen (secondary N) is 2. The van der Waals surface area contributed by atoms with Crippen molar-refractivity contribution < 1.29 is 14.0 Å². The van der Waals surface area contributed by atoms with Crippen LogP contribution in [0.15, 0.2) is 54.6 Å². The highest BCUT2D eigenvalue weighted by Crippen LogP contribution is 2.17. The number of carbonyl (C=O) groups is 2. The van der Waals surface area contributed by atoms with Crippen LogP contribution in [0.4, 0.5) is 10.1 Å². The number of amides is 2. The minimum atomic E-state index is -0.359. The first kappa shape index (κ1) is 20.6. The summed E-state index contributed by atoms with van der Waals surface area (Å²) in [6, 6.07) is 15.6. The summed E-state index contributed by atoms with van der Waals surface area (Å²) in [5.41, 5.74) is 1.72. The van der Waals surface area contributed by atoms with Gasteiger partial charge in [0, 0.05) is 18.2 Å². The number of benzene rings is 2. The van der Waals surface area contributed by atoms with Gasteiger partial charge in [-0.05, 0) is 43.3 Å². The lowest BCUT2D eigenvalue weighted by Crippen LogP contribution is -2.40. The zero-order valence-corrected chi connectivity index (χ0v) is 15.7. The molecule has 2 rings (SSSR count). The van der Waals surface area contributed by atoms with Crippen molar-refractivity contribution in [2.45, 2.75) is 19.3 Å². The van der Waals surface area contributed by atoms with Crippen molar-refractivity contribution in [3.8, 4) is 0 Å². The zero-order valence-electron chi connectivity index (χ0n) is 15.7. The van der Waals surface area contributed by atoms with E-state index in [1.54, 1.807) is 11.9 Å². The minimum Gasteiger partial charge on any atom is -0.354 e. The van der Waals surface area contributed by atoms with Gasteiger partial charge in [0.15, 0.2) is 0 Å². The number of hydrogen-bond donors (Lipinski definition) is 2. The van der Waals surface area contributed by atoms with E-state index in [0.29, 0.717) is 12.2 Å². The standard InChI is InChI=1S/C21H26FN3O2/c1-3-16(17-7-5-4-6-8-17)13-23-20(26)14-25(2)15-21(27)24-19-11-9-18(22)10-12-19/h4-12,16H,3,13-15H2,1-2H3,(H,23,26)(H,24,27)/t16-/m1/s1. The highest BCUT2D eigenvalue weighted by molar-refractivity contribution is 5.92. The van der Waals surface area contributed by atoms with Crippen molar-refractivity contribution in [3.05, 3.63) is 66.0 Å². The second-order valence-electron chi connectivity index (χ2n) is 6.55. The third-order valence-corrected chi connectivity index (χ3v) is 4.26. The van der Waals surface area contributed by atoms with E-state index in [9.17, 15) is 14.0 Å². The van der Waals surface area contributed by atoms with E-state index >= 15 is 0 Å². The van der Waals surface area contributed by atoms with E-state index in [1.165, 1.54) is 29.8 Å². The average Bonchev–Trinajstić information content (AvgIpc) is 2.64. The quantitative estimate of drug-likeness (QED) is 0.712. The van der Waals surface area contributed by atoms with Crippen molar-refractivity contribution in [2.75, 3.05) is 32.0 Å². The van der Waals surface area contributed by atoms with Gasteiger partial charge in [0.2, 0.25) is 11.8 Å². The first-order valence-corrected chi connectivity index (χ1v) is 9.03. The molecule has 0 unspecified atom stereocenters. The molecule has 1 atom stereocenters. The zero-order chi connectivity index (χ0) is 19.6. The van der Waals surface area contributed by atoms with Crippen LogP contribution in [0, 0.1) is 5.82 Å². The van der Waals surface area contributed by atoms with E-state index in [0.717, 1.165) is 6.42 Å². The monoisotopic (exact) mass is 371 g/mol. The van der Waals surface area contributed by atoms with Gasteiger partial charge in [-0.3, -0.25) is 14.5 Å². The molecule has 0 bridgehead atoms.